The van der Waals surface area contributed by atoms with E-state index in [1.165, 1.54) is 24.2 Å². The number of rotatable bonds is 6. The summed E-state index contributed by atoms with van der Waals surface area (Å²) in [5.41, 5.74) is 4.74. The fraction of sp³-hybridized carbons (Fsp3) is 0.167. The van der Waals surface area contributed by atoms with Crippen LogP contribution in [0.1, 0.15) is 19.4 Å². The third-order valence-electron chi connectivity index (χ3n) is 4.83. The molecule has 4 aromatic rings. The van der Waals surface area contributed by atoms with Crippen molar-refractivity contribution in [1.82, 2.24) is 9.97 Å². The summed E-state index contributed by atoms with van der Waals surface area (Å²) in [6.45, 7) is 5.38. The molecular weight excluding hydrogens is 440 g/mol. The number of thioether (sulfide) groups is 1. The van der Waals surface area contributed by atoms with Crippen LogP contribution in [0.5, 0.6) is 0 Å². The Morgan fingerprint density at radius 3 is 2.28 bits per heavy atom. The maximum atomic E-state index is 12.8. The minimum Gasteiger partial charge on any atom is -0.326 e. The Balaban J connectivity index is 1.52. The molecule has 6 nitrogen and oxygen atoms in total. The van der Waals surface area contributed by atoms with Crippen molar-refractivity contribution < 1.29 is 9.59 Å². The molecule has 0 radical (unpaired) electrons. The van der Waals surface area contributed by atoms with E-state index < -0.39 is 0 Å². The van der Waals surface area contributed by atoms with E-state index in [1.807, 2.05) is 6.92 Å². The highest BCUT2D eigenvalue weighted by Gasteiger charge is 2.20. The molecule has 0 aliphatic heterocycles. The van der Waals surface area contributed by atoms with E-state index in [4.69, 9.17) is 0 Å². The lowest BCUT2D eigenvalue weighted by atomic mass is 10.1. The van der Waals surface area contributed by atoms with Crippen LogP contribution in [0.25, 0.3) is 21.3 Å². The van der Waals surface area contributed by atoms with E-state index in [0.29, 0.717) is 11.4 Å². The Labute approximate surface area is 194 Å². The third-order valence-corrected chi connectivity index (χ3v) is 6.82. The summed E-state index contributed by atoms with van der Waals surface area (Å²) in [5, 5.41) is 9.12. The van der Waals surface area contributed by atoms with Gasteiger partial charge in [0.2, 0.25) is 11.8 Å². The number of fused-ring (bicyclic) bond motifs is 1. The number of benzene rings is 2. The van der Waals surface area contributed by atoms with Crippen LogP contribution in [0.15, 0.2) is 65.3 Å². The van der Waals surface area contributed by atoms with Crippen LogP contribution in [-0.2, 0) is 9.59 Å². The van der Waals surface area contributed by atoms with Crippen LogP contribution in [0.2, 0.25) is 0 Å². The number of hydrogen-bond donors (Lipinski definition) is 2. The lowest BCUT2D eigenvalue weighted by molar-refractivity contribution is -0.115. The Bertz CT molecular complexity index is 1270. The van der Waals surface area contributed by atoms with Crippen molar-refractivity contribution in [2.45, 2.75) is 31.0 Å². The highest BCUT2D eigenvalue weighted by Crippen LogP contribution is 2.39. The van der Waals surface area contributed by atoms with Crippen LogP contribution < -0.4 is 10.6 Å². The molecule has 0 spiro atoms. The first-order chi connectivity index (χ1) is 15.4. The number of carbonyl (C=O) groups is 2. The first kappa shape index (κ1) is 22.0. The van der Waals surface area contributed by atoms with Crippen LogP contribution in [0.3, 0.4) is 0 Å². The largest absolute Gasteiger partial charge is 0.326 e. The molecule has 1 atom stereocenters. The maximum Gasteiger partial charge on any atom is 0.237 e. The number of carbonyl (C=O) groups excluding carboxylic acids is 2. The van der Waals surface area contributed by atoms with Crippen molar-refractivity contribution in [3.05, 3.63) is 65.8 Å². The van der Waals surface area contributed by atoms with Gasteiger partial charge >= 0.3 is 0 Å². The maximum absolute atomic E-state index is 12.8. The highest BCUT2D eigenvalue weighted by atomic mass is 32.2. The van der Waals surface area contributed by atoms with Crippen LogP contribution >= 0.6 is 23.1 Å². The topological polar surface area (TPSA) is 84.0 Å². The minimum absolute atomic E-state index is 0.124. The zero-order chi connectivity index (χ0) is 22.7. The number of nitrogens with one attached hydrogen (secondary N) is 2. The molecule has 1 unspecified atom stereocenters. The number of anilines is 2. The molecule has 0 fully saturated rings. The molecule has 0 saturated heterocycles. The summed E-state index contributed by atoms with van der Waals surface area (Å²) in [4.78, 5) is 33.8. The van der Waals surface area contributed by atoms with Gasteiger partial charge in [-0.05, 0) is 43.7 Å². The van der Waals surface area contributed by atoms with Crippen LogP contribution in [-0.4, -0.2) is 27.0 Å². The second kappa shape index (κ2) is 9.50. The molecule has 0 bridgehead atoms. The zero-order valence-corrected chi connectivity index (χ0v) is 19.5. The molecule has 0 aliphatic rings. The molecule has 2 N–H and O–H groups in total. The van der Waals surface area contributed by atoms with Gasteiger partial charge in [-0.2, -0.15) is 0 Å². The van der Waals surface area contributed by atoms with E-state index in [-0.39, 0.29) is 17.1 Å². The smallest absolute Gasteiger partial charge is 0.237 e. The van der Waals surface area contributed by atoms with Crippen molar-refractivity contribution in [2.24, 2.45) is 0 Å². The van der Waals surface area contributed by atoms with Gasteiger partial charge in [0.25, 0.3) is 0 Å². The number of hydrogen-bond acceptors (Lipinski definition) is 6. The number of thiophene rings is 1. The lowest BCUT2D eigenvalue weighted by Gasteiger charge is -2.13. The lowest BCUT2D eigenvalue weighted by Crippen LogP contribution is -2.22. The summed E-state index contributed by atoms with van der Waals surface area (Å²) in [7, 11) is 0. The SMILES string of the molecule is CC(=O)Nc1ccc(NC(=O)C(C)Sc2ncnc3scc(-c4ccc(C)cc4)c23)cc1. The van der Waals surface area contributed by atoms with Gasteiger partial charge in [-0.25, -0.2) is 9.97 Å². The Morgan fingerprint density at radius 1 is 0.969 bits per heavy atom. The molecular formula is C24H22N4O2S2. The molecule has 0 saturated carbocycles. The third kappa shape index (κ3) is 4.98. The molecule has 4 rings (SSSR count). The van der Waals surface area contributed by atoms with E-state index in [2.05, 4.69) is 57.2 Å². The number of amides is 2. The Kier molecular flexibility index (Phi) is 6.53. The fourth-order valence-electron chi connectivity index (χ4n) is 3.19. The van der Waals surface area contributed by atoms with Crippen molar-refractivity contribution in [2.75, 3.05) is 10.6 Å². The summed E-state index contributed by atoms with van der Waals surface area (Å²) >= 11 is 2.99. The highest BCUT2D eigenvalue weighted by molar-refractivity contribution is 8.00. The van der Waals surface area contributed by atoms with E-state index in [1.54, 1.807) is 41.9 Å². The van der Waals surface area contributed by atoms with Crippen LogP contribution in [0.4, 0.5) is 11.4 Å². The summed E-state index contributed by atoms with van der Waals surface area (Å²) in [5.74, 6) is -0.262. The van der Waals surface area contributed by atoms with Crippen molar-refractivity contribution in [3.63, 3.8) is 0 Å². The molecule has 8 heteroatoms. The van der Waals surface area contributed by atoms with Gasteiger partial charge < -0.3 is 10.6 Å². The molecule has 2 aromatic carbocycles. The summed E-state index contributed by atoms with van der Waals surface area (Å²) in [6, 6.07) is 15.4. The fourth-order valence-corrected chi connectivity index (χ4v) is 5.10. The number of aryl methyl sites for hydroxylation is 1. The first-order valence-corrected chi connectivity index (χ1v) is 11.8. The quantitative estimate of drug-likeness (QED) is 0.282. The number of nitrogens with zero attached hydrogens (tertiary/aromatic N) is 2. The normalized spacial score (nSPS) is 11.8. The summed E-state index contributed by atoms with van der Waals surface area (Å²) < 4.78 is 0. The van der Waals surface area contributed by atoms with E-state index >= 15 is 0 Å². The average Bonchev–Trinajstić information content (AvgIpc) is 3.20. The van der Waals surface area contributed by atoms with Crippen LogP contribution in [0, 0.1) is 6.92 Å². The zero-order valence-electron chi connectivity index (χ0n) is 17.9. The molecule has 2 heterocycles. The Morgan fingerprint density at radius 2 is 1.62 bits per heavy atom. The van der Waals surface area contributed by atoms with Gasteiger partial charge in [0, 0.05) is 29.2 Å². The van der Waals surface area contributed by atoms with Gasteiger partial charge in [0.1, 0.15) is 16.2 Å². The van der Waals surface area contributed by atoms with Gasteiger partial charge in [-0.15, -0.1) is 11.3 Å². The molecule has 162 valence electrons. The minimum atomic E-state index is -0.367. The molecule has 0 aliphatic carbocycles. The van der Waals surface area contributed by atoms with Gasteiger partial charge in [0.05, 0.1) is 10.6 Å². The molecule has 2 amide bonds. The van der Waals surface area contributed by atoms with E-state index in [0.717, 1.165) is 26.4 Å². The summed E-state index contributed by atoms with van der Waals surface area (Å²) in [6.07, 6.45) is 1.55. The van der Waals surface area contributed by atoms with Crippen molar-refractivity contribution >= 4 is 56.5 Å². The van der Waals surface area contributed by atoms with Gasteiger partial charge in [-0.1, -0.05) is 41.6 Å². The van der Waals surface area contributed by atoms with Crippen molar-refractivity contribution in [3.8, 4) is 11.1 Å². The standard InChI is InChI=1S/C24H22N4O2S2/c1-14-4-6-17(7-5-14)20-12-31-23-21(20)24(26-13-25-23)32-15(2)22(30)28-19-10-8-18(9-11-19)27-16(3)29/h4-13,15H,1-3H3,(H,27,29)(H,28,30). The second-order valence-corrected chi connectivity index (χ2v) is 9.57. The first-order valence-electron chi connectivity index (χ1n) is 10.0. The second-order valence-electron chi connectivity index (χ2n) is 7.38. The average molecular weight is 463 g/mol. The number of aromatic nitrogens is 2. The van der Waals surface area contributed by atoms with Gasteiger partial charge in [0.15, 0.2) is 0 Å². The molecule has 2 aromatic heterocycles. The Hall–Kier alpha value is -3.23. The van der Waals surface area contributed by atoms with E-state index in [9.17, 15) is 9.59 Å². The predicted molar refractivity (Wildman–Crippen MR) is 132 cm³/mol. The van der Waals surface area contributed by atoms with Crippen molar-refractivity contribution in [1.29, 1.82) is 0 Å². The van der Waals surface area contributed by atoms with Gasteiger partial charge in [-0.3, -0.25) is 9.59 Å². The monoisotopic (exact) mass is 462 g/mol. The molecule has 32 heavy (non-hydrogen) atoms. The predicted octanol–water partition coefficient (Wildman–Crippen LogP) is 5.74.